The van der Waals surface area contributed by atoms with E-state index in [1.54, 1.807) is 19.2 Å². The fourth-order valence-corrected chi connectivity index (χ4v) is 1.13. The molecule has 0 saturated heterocycles. The Hall–Kier alpha value is -1.65. The van der Waals surface area contributed by atoms with Gasteiger partial charge in [-0.2, -0.15) is 0 Å². The molecule has 0 saturated carbocycles. The second-order valence-electron chi connectivity index (χ2n) is 4.75. The molecule has 2 N–H and O–H groups in total. The Balaban J connectivity index is 2.60. The minimum atomic E-state index is -0.224. The van der Waals surface area contributed by atoms with Gasteiger partial charge in [0.05, 0.1) is 0 Å². The third-order valence-corrected chi connectivity index (χ3v) is 2.83. The molecule has 5 nitrogen and oxygen atoms in total. The van der Waals surface area contributed by atoms with Gasteiger partial charge in [0, 0.05) is 13.6 Å². The van der Waals surface area contributed by atoms with E-state index >= 15 is 0 Å². The molecule has 0 aliphatic carbocycles. The van der Waals surface area contributed by atoms with Crippen LogP contribution in [0.15, 0.2) is 12.1 Å². The van der Waals surface area contributed by atoms with Crippen LogP contribution in [-0.2, 0) is 0 Å². The van der Waals surface area contributed by atoms with E-state index in [1.807, 2.05) is 0 Å². The molecule has 0 atom stereocenters. The molecule has 1 amide bonds. The first-order valence-electron chi connectivity index (χ1n) is 5.78. The molecule has 1 aromatic heterocycles. The van der Waals surface area contributed by atoms with Gasteiger partial charge in [-0.05, 0) is 24.0 Å². The SMILES string of the molecule is CCC(C)(C)CNc1ccc(C(=O)NC)nn1. The van der Waals surface area contributed by atoms with Crippen LogP contribution in [0.3, 0.4) is 0 Å². The number of nitrogens with one attached hydrogen (secondary N) is 2. The average molecular weight is 236 g/mol. The van der Waals surface area contributed by atoms with Crippen molar-refractivity contribution in [2.75, 3.05) is 18.9 Å². The molecule has 94 valence electrons. The van der Waals surface area contributed by atoms with E-state index in [0.29, 0.717) is 11.5 Å². The van der Waals surface area contributed by atoms with Crippen molar-refractivity contribution in [2.45, 2.75) is 27.2 Å². The third kappa shape index (κ3) is 4.01. The van der Waals surface area contributed by atoms with Crippen molar-refractivity contribution < 1.29 is 4.79 Å². The molecule has 0 aliphatic rings. The zero-order valence-electron chi connectivity index (χ0n) is 10.9. The summed E-state index contributed by atoms with van der Waals surface area (Å²) in [5.41, 5.74) is 0.550. The Kier molecular flexibility index (Phi) is 4.43. The first kappa shape index (κ1) is 13.4. The fraction of sp³-hybridized carbons (Fsp3) is 0.583. The number of aromatic nitrogens is 2. The highest BCUT2D eigenvalue weighted by Crippen LogP contribution is 2.19. The van der Waals surface area contributed by atoms with E-state index in [2.05, 4.69) is 41.6 Å². The van der Waals surface area contributed by atoms with Crippen LogP contribution < -0.4 is 10.6 Å². The maximum absolute atomic E-state index is 11.3. The second-order valence-corrected chi connectivity index (χ2v) is 4.75. The highest BCUT2D eigenvalue weighted by molar-refractivity contribution is 5.91. The summed E-state index contributed by atoms with van der Waals surface area (Å²) < 4.78 is 0. The van der Waals surface area contributed by atoms with Crippen LogP contribution in [0.2, 0.25) is 0 Å². The Morgan fingerprint density at radius 2 is 2.06 bits per heavy atom. The van der Waals surface area contributed by atoms with E-state index in [1.165, 1.54) is 0 Å². The molecule has 0 bridgehead atoms. The van der Waals surface area contributed by atoms with E-state index in [4.69, 9.17) is 0 Å². The third-order valence-electron chi connectivity index (χ3n) is 2.83. The summed E-state index contributed by atoms with van der Waals surface area (Å²) in [7, 11) is 1.57. The van der Waals surface area contributed by atoms with Crippen molar-refractivity contribution in [3.05, 3.63) is 17.8 Å². The maximum atomic E-state index is 11.3. The van der Waals surface area contributed by atoms with Gasteiger partial charge in [0.1, 0.15) is 5.82 Å². The van der Waals surface area contributed by atoms with Gasteiger partial charge in [-0.1, -0.05) is 20.8 Å². The van der Waals surface area contributed by atoms with Crippen LogP contribution >= 0.6 is 0 Å². The number of hydrogen-bond acceptors (Lipinski definition) is 4. The van der Waals surface area contributed by atoms with Crippen LogP contribution in [-0.4, -0.2) is 29.7 Å². The molecule has 1 aromatic rings. The molecule has 1 rings (SSSR count). The summed E-state index contributed by atoms with van der Waals surface area (Å²) in [6.45, 7) is 7.36. The molecular weight excluding hydrogens is 216 g/mol. The van der Waals surface area contributed by atoms with E-state index in [9.17, 15) is 4.79 Å². The fourth-order valence-electron chi connectivity index (χ4n) is 1.13. The van der Waals surface area contributed by atoms with Gasteiger partial charge >= 0.3 is 0 Å². The van der Waals surface area contributed by atoms with Crippen LogP contribution in [0.1, 0.15) is 37.7 Å². The van der Waals surface area contributed by atoms with Gasteiger partial charge in [0.25, 0.3) is 5.91 Å². The number of carbonyl (C=O) groups excluding carboxylic acids is 1. The molecule has 0 radical (unpaired) electrons. The van der Waals surface area contributed by atoms with Crippen molar-refractivity contribution in [2.24, 2.45) is 5.41 Å². The van der Waals surface area contributed by atoms with E-state index in [0.717, 1.165) is 13.0 Å². The van der Waals surface area contributed by atoms with E-state index < -0.39 is 0 Å². The van der Waals surface area contributed by atoms with Crippen molar-refractivity contribution in [1.29, 1.82) is 0 Å². The second kappa shape index (κ2) is 5.61. The van der Waals surface area contributed by atoms with Crippen molar-refractivity contribution in [1.82, 2.24) is 15.5 Å². The Bertz CT molecular complexity index is 373. The molecule has 0 fully saturated rings. The number of amides is 1. The molecule has 0 aromatic carbocycles. The van der Waals surface area contributed by atoms with Gasteiger partial charge in [-0.3, -0.25) is 4.79 Å². The highest BCUT2D eigenvalue weighted by atomic mass is 16.1. The smallest absolute Gasteiger partial charge is 0.271 e. The number of rotatable bonds is 5. The zero-order valence-corrected chi connectivity index (χ0v) is 10.9. The standard InChI is InChI=1S/C12H20N4O/c1-5-12(2,3)8-14-10-7-6-9(15-16-10)11(17)13-4/h6-7H,5,8H2,1-4H3,(H,13,17)(H,14,16). The minimum absolute atomic E-state index is 0.223. The predicted octanol–water partition coefficient (Wildman–Crippen LogP) is 1.68. The monoisotopic (exact) mass is 236 g/mol. The lowest BCUT2D eigenvalue weighted by molar-refractivity contribution is 0.0957. The van der Waals surface area contributed by atoms with Gasteiger partial charge in [0.15, 0.2) is 5.69 Å². The van der Waals surface area contributed by atoms with Crippen molar-refractivity contribution in [3.8, 4) is 0 Å². The highest BCUT2D eigenvalue weighted by Gasteiger charge is 2.14. The van der Waals surface area contributed by atoms with Crippen molar-refractivity contribution in [3.63, 3.8) is 0 Å². The van der Waals surface area contributed by atoms with Crippen LogP contribution in [0.4, 0.5) is 5.82 Å². The Morgan fingerprint density at radius 3 is 2.53 bits per heavy atom. The van der Waals surface area contributed by atoms with Gasteiger partial charge < -0.3 is 10.6 Å². The minimum Gasteiger partial charge on any atom is -0.368 e. The number of anilines is 1. The lowest BCUT2D eigenvalue weighted by Gasteiger charge is -2.22. The molecule has 17 heavy (non-hydrogen) atoms. The number of carbonyl (C=O) groups is 1. The Morgan fingerprint density at radius 1 is 1.35 bits per heavy atom. The molecule has 0 spiro atoms. The molecule has 0 aliphatic heterocycles. The lowest BCUT2D eigenvalue weighted by atomic mass is 9.90. The van der Waals surface area contributed by atoms with Gasteiger partial charge in [-0.15, -0.1) is 10.2 Å². The summed E-state index contributed by atoms with van der Waals surface area (Å²) in [5.74, 6) is 0.470. The molecular formula is C12H20N4O. The Labute approximate surface area is 102 Å². The summed E-state index contributed by atoms with van der Waals surface area (Å²) in [5, 5.41) is 13.5. The van der Waals surface area contributed by atoms with Gasteiger partial charge in [0.2, 0.25) is 0 Å². The largest absolute Gasteiger partial charge is 0.368 e. The first-order valence-corrected chi connectivity index (χ1v) is 5.78. The normalized spacial score (nSPS) is 11.1. The number of hydrogen-bond donors (Lipinski definition) is 2. The molecule has 1 heterocycles. The first-order chi connectivity index (χ1) is 7.98. The zero-order chi connectivity index (χ0) is 12.9. The maximum Gasteiger partial charge on any atom is 0.271 e. The molecule has 5 heteroatoms. The predicted molar refractivity (Wildman–Crippen MR) is 68.0 cm³/mol. The molecule has 0 unspecified atom stereocenters. The summed E-state index contributed by atoms with van der Waals surface area (Å²) in [4.78, 5) is 11.3. The van der Waals surface area contributed by atoms with E-state index in [-0.39, 0.29) is 11.3 Å². The van der Waals surface area contributed by atoms with Crippen LogP contribution in [0, 0.1) is 5.41 Å². The topological polar surface area (TPSA) is 66.9 Å². The summed E-state index contributed by atoms with van der Waals surface area (Å²) in [6, 6.07) is 3.43. The summed E-state index contributed by atoms with van der Waals surface area (Å²) >= 11 is 0. The average Bonchev–Trinajstić information content (AvgIpc) is 2.36. The van der Waals surface area contributed by atoms with Crippen LogP contribution in [0.25, 0.3) is 0 Å². The number of nitrogens with zero attached hydrogens (tertiary/aromatic N) is 2. The van der Waals surface area contributed by atoms with Crippen molar-refractivity contribution >= 4 is 11.7 Å². The quantitative estimate of drug-likeness (QED) is 0.816. The summed E-state index contributed by atoms with van der Waals surface area (Å²) in [6.07, 6.45) is 1.09. The lowest BCUT2D eigenvalue weighted by Crippen LogP contribution is -2.23. The van der Waals surface area contributed by atoms with Crippen LogP contribution in [0.5, 0.6) is 0 Å². The van der Waals surface area contributed by atoms with Gasteiger partial charge in [-0.25, -0.2) is 0 Å².